The lowest BCUT2D eigenvalue weighted by Crippen LogP contribution is -2.54. The Kier molecular flexibility index (Phi) is 7.05. The summed E-state index contributed by atoms with van der Waals surface area (Å²) in [5.74, 6) is -1.93. The van der Waals surface area contributed by atoms with Crippen LogP contribution in [0.1, 0.15) is 25.7 Å². The van der Waals surface area contributed by atoms with E-state index in [1.165, 1.54) is 0 Å². The summed E-state index contributed by atoms with van der Waals surface area (Å²) in [7, 11) is 0. The van der Waals surface area contributed by atoms with Crippen molar-refractivity contribution in [1.82, 2.24) is 5.32 Å². The maximum absolute atomic E-state index is 13.0. The Balaban J connectivity index is 1.71. The van der Waals surface area contributed by atoms with Gasteiger partial charge in [-0.15, -0.1) is 0 Å². The fourth-order valence-corrected chi connectivity index (χ4v) is 3.73. The highest BCUT2D eigenvalue weighted by Crippen LogP contribution is 2.31. The molecule has 0 spiro atoms. The van der Waals surface area contributed by atoms with Gasteiger partial charge in [-0.1, -0.05) is 12.1 Å². The molecule has 1 amide bonds. The second kappa shape index (κ2) is 9.71. The highest BCUT2D eigenvalue weighted by Gasteiger charge is 2.35. The first-order valence-corrected chi connectivity index (χ1v) is 9.77. The van der Waals surface area contributed by atoms with Crippen LogP contribution in [0.4, 0.5) is 5.69 Å². The number of nitrogens with zero attached hydrogens (tertiary/aromatic N) is 1. The van der Waals surface area contributed by atoms with Gasteiger partial charge in [-0.05, 0) is 43.7 Å². The zero-order valence-corrected chi connectivity index (χ0v) is 16.1. The van der Waals surface area contributed by atoms with Gasteiger partial charge in [-0.25, -0.2) is 0 Å². The monoisotopic (exact) mass is 406 g/mol. The molecule has 1 unspecified atom stereocenters. The van der Waals surface area contributed by atoms with E-state index in [4.69, 9.17) is 9.47 Å². The Hall–Kier alpha value is -2.65. The fourth-order valence-electron chi connectivity index (χ4n) is 3.73. The molecule has 9 heteroatoms. The number of amides is 1. The number of carbonyl (C=O) groups excluding carboxylic acids is 1. The molecule has 3 N–H and O–H groups in total. The summed E-state index contributed by atoms with van der Waals surface area (Å²) >= 11 is 0. The van der Waals surface area contributed by atoms with Crippen molar-refractivity contribution in [2.45, 2.75) is 37.8 Å². The van der Waals surface area contributed by atoms with Crippen LogP contribution in [-0.4, -0.2) is 66.5 Å². The van der Waals surface area contributed by atoms with Gasteiger partial charge in [0.05, 0.1) is 5.69 Å². The molecule has 2 aliphatic rings. The molecule has 0 saturated carbocycles. The molecular formula is C20H26N2O7. The van der Waals surface area contributed by atoms with E-state index in [9.17, 15) is 24.6 Å². The SMILES string of the molecule is O=C(O)CN1C(=O)C(N[C@@H](CCC2CCOCC2)C(=O)O)COc2ccccc21. The van der Waals surface area contributed by atoms with Gasteiger partial charge in [-0.2, -0.15) is 0 Å². The number of benzene rings is 1. The van der Waals surface area contributed by atoms with Gasteiger partial charge in [0.1, 0.15) is 31.0 Å². The van der Waals surface area contributed by atoms with E-state index in [0.717, 1.165) is 17.7 Å². The third-order valence-corrected chi connectivity index (χ3v) is 5.32. The topological polar surface area (TPSA) is 125 Å². The highest BCUT2D eigenvalue weighted by molar-refractivity contribution is 6.02. The van der Waals surface area contributed by atoms with Gasteiger partial charge in [0.25, 0.3) is 0 Å². The third kappa shape index (κ3) is 5.45. The smallest absolute Gasteiger partial charge is 0.323 e. The summed E-state index contributed by atoms with van der Waals surface area (Å²) in [6.45, 7) is 0.768. The number of anilines is 1. The molecule has 2 aliphatic heterocycles. The number of carbonyl (C=O) groups is 3. The first-order valence-electron chi connectivity index (χ1n) is 9.77. The van der Waals surface area contributed by atoms with E-state index in [-0.39, 0.29) is 6.61 Å². The molecule has 9 nitrogen and oxygen atoms in total. The number of aliphatic carboxylic acids is 2. The molecule has 2 heterocycles. The average molecular weight is 406 g/mol. The Labute approximate surface area is 168 Å². The van der Waals surface area contributed by atoms with Crippen LogP contribution < -0.4 is 15.0 Å². The zero-order valence-electron chi connectivity index (χ0n) is 16.1. The molecule has 0 radical (unpaired) electrons. The Morgan fingerprint density at radius 1 is 1.21 bits per heavy atom. The minimum absolute atomic E-state index is 0.0764. The van der Waals surface area contributed by atoms with E-state index in [1.54, 1.807) is 24.3 Å². The molecule has 0 aliphatic carbocycles. The van der Waals surface area contributed by atoms with E-state index in [0.29, 0.717) is 43.4 Å². The van der Waals surface area contributed by atoms with Crippen LogP contribution in [0.15, 0.2) is 24.3 Å². The second-order valence-corrected chi connectivity index (χ2v) is 7.34. The van der Waals surface area contributed by atoms with Crippen LogP contribution in [0.3, 0.4) is 0 Å². The van der Waals surface area contributed by atoms with Gasteiger partial charge < -0.3 is 19.7 Å². The van der Waals surface area contributed by atoms with Gasteiger partial charge in [0, 0.05) is 13.2 Å². The summed E-state index contributed by atoms with van der Waals surface area (Å²) in [6, 6.07) is 4.79. The standard InChI is InChI=1S/C20H26N2O7/c23-18(24)11-22-16-3-1-2-4-17(16)29-12-15(19(22)25)21-14(20(26)27)6-5-13-7-9-28-10-8-13/h1-4,13-15,21H,5-12H2,(H,23,24)(H,26,27)/t14-,15?/m0/s1. The summed E-state index contributed by atoms with van der Waals surface area (Å²) in [4.78, 5) is 37.2. The van der Waals surface area contributed by atoms with Crippen molar-refractivity contribution < 1.29 is 34.1 Å². The highest BCUT2D eigenvalue weighted by atomic mass is 16.5. The lowest BCUT2D eigenvalue weighted by Gasteiger charge is -2.27. The lowest BCUT2D eigenvalue weighted by molar-refractivity contribution is -0.141. The number of carboxylic acids is 2. The van der Waals surface area contributed by atoms with Crippen LogP contribution in [0, 0.1) is 5.92 Å². The number of hydrogen-bond acceptors (Lipinski definition) is 6. The van der Waals surface area contributed by atoms with E-state index in [1.807, 2.05) is 0 Å². The Morgan fingerprint density at radius 3 is 2.62 bits per heavy atom. The van der Waals surface area contributed by atoms with Crippen molar-refractivity contribution in [3.05, 3.63) is 24.3 Å². The summed E-state index contributed by atoms with van der Waals surface area (Å²) in [5.41, 5.74) is 0.360. The molecule has 0 aromatic heterocycles. The predicted molar refractivity (Wildman–Crippen MR) is 103 cm³/mol. The van der Waals surface area contributed by atoms with Gasteiger partial charge in [-0.3, -0.25) is 24.6 Å². The van der Waals surface area contributed by atoms with Gasteiger partial charge in [0.2, 0.25) is 5.91 Å². The maximum Gasteiger partial charge on any atom is 0.323 e. The second-order valence-electron chi connectivity index (χ2n) is 7.34. The minimum Gasteiger partial charge on any atom is -0.489 e. The van der Waals surface area contributed by atoms with Gasteiger partial charge in [0.15, 0.2) is 0 Å². The first-order chi connectivity index (χ1) is 14.0. The number of rotatable bonds is 8. The normalized spacial score (nSPS) is 21.0. The lowest BCUT2D eigenvalue weighted by atomic mass is 9.92. The molecule has 1 saturated heterocycles. The van der Waals surface area contributed by atoms with Crippen LogP contribution in [0.5, 0.6) is 5.75 Å². The van der Waals surface area contributed by atoms with Crippen molar-refractivity contribution in [1.29, 1.82) is 0 Å². The van der Waals surface area contributed by atoms with E-state index < -0.39 is 36.5 Å². The van der Waals surface area contributed by atoms with Gasteiger partial charge >= 0.3 is 11.9 Å². The third-order valence-electron chi connectivity index (χ3n) is 5.32. The van der Waals surface area contributed by atoms with Crippen molar-refractivity contribution in [3.8, 4) is 5.75 Å². The predicted octanol–water partition coefficient (Wildman–Crippen LogP) is 1.11. The number of para-hydroxylation sites is 2. The molecule has 1 aromatic carbocycles. The van der Waals surface area contributed by atoms with Crippen LogP contribution >= 0.6 is 0 Å². The van der Waals surface area contributed by atoms with E-state index in [2.05, 4.69) is 5.32 Å². The number of nitrogens with one attached hydrogen (secondary N) is 1. The van der Waals surface area contributed by atoms with Crippen molar-refractivity contribution >= 4 is 23.5 Å². The summed E-state index contributed by atoms with van der Waals surface area (Å²) in [6.07, 6.45) is 2.89. The van der Waals surface area contributed by atoms with Crippen molar-refractivity contribution in [3.63, 3.8) is 0 Å². The van der Waals surface area contributed by atoms with Crippen molar-refractivity contribution in [2.75, 3.05) is 31.3 Å². The van der Waals surface area contributed by atoms with Crippen molar-refractivity contribution in [2.24, 2.45) is 5.92 Å². The molecule has 158 valence electrons. The molecule has 1 aromatic rings. The fraction of sp³-hybridized carbons (Fsp3) is 0.550. The average Bonchev–Trinajstić information content (AvgIpc) is 2.83. The van der Waals surface area contributed by atoms with Crippen LogP contribution in [-0.2, 0) is 19.1 Å². The quantitative estimate of drug-likeness (QED) is 0.586. The number of hydrogen-bond donors (Lipinski definition) is 3. The summed E-state index contributed by atoms with van der Waals surface area (Å²) < 4.78 is 11.0. The number of carboxylic acid groups (broad SMARTS) is 2. The Morgan fingerprint density at radius 2 is 1.93 bits per heavy atom. The minimum atomic E-state index is -1.16. The summed E-state index contributed by atoms with van der Waals surface area (Å²) in [5, 5.41) is 21.7. The van der Waals surface area contributed by atoms with Crippen LogP contribution in [0.2, 0.25) is 0 Å². The zero-order chi connectivity index (χ0) is 20.8. The maximum atomic E-state index is 13.0. The molecule has 0 bridgehead atoms. The number of fused-ring (bicyclic) bond motifs is 1. The number of ether oxygens (including phenoxy) is 2. The molecule has 3 rings (SSSR count). The molecule has 2 atom stereocenters. The first kappa shape index (κ1) is 21.1. The molecular weight excluding hydrogens is 380 g/mol. The largest absolute Gasteiger partial charge is 0.489 e. The molecule has 1 fully saturated rings. The van der Waals surface area contributed by atoms with E-state index >= 15 is 0 Å². The molecule has 29 heavy (non-hydrogen) atoms. The Bertz CT molecular complexity index is 748. The van der Waals surface area contributed by atoms with Crippen LogP contribution in [0.25, 0.3) is 0 Å².